The number of allylic oxidation sites excluding steroid dienone is 1. The Morgan fingerprint density at radius 2 is 1.94 bits per heavy atom. The molecule has 1 aromatic carbocycles. The van der Waals surface area contributed by atoms with E-state index in [0.29, 0.717) is 6.04 Å². The molecule has 5 rings (SSSR count). The number of likely N-dealkylation sites (N-methyl/N-ethyl adjacent to an activating group) is 1. The van der Waals surface area contributed by atoms with E-state index >= 15 is 0 Å². The van der Waals surface area contributed by atoms with Gasteiger partial charge in [0.1, 0.15) is 0 Å². The maximum Gasteiger partial charge on any atom is 0.170 e. The van der Waals surface area contributed by atoms with Crippen LogP contribution in [0.25, 0.3) is 5.57 Å². The summed E-state index contributed by atoms with van der Waals surface area (Å²) in [7, 11) is 2.14. The van der Waals surface area contributed by atoms with Gasteiger partial charge in [0.25, 0.3) is 0 Å². The van der Waals surface area contributed by atoms with Crippen molar-refractivity contribution in [2.45, 2.75) is 70.1 Å². The fourth-order valence-corrected chi connectivity index (χ4v) is 6.35. The summed E-state index contributed by atoms with van der Waals surface area (Å²) >= 11 is 12.9. The molecule has 0 radical (unpaired) electrons. The lowest BCUT2D eigenvalue weighted by Gasteiger charge is -2.41. The van der Waals surface area contributed by atoms with E-state index in [1.165, 1.54) is 42.5 Å². The highest BCUT2D eigenvalue weighted by Crippen LogP contribution is 2.48. The van der Waals surface area contributed by atoms with E-state index < -0.39 is 0 Å². The molecule has 1 N–H and O–H groups in total. The van der Waals surface area contributed by atoms with Gasteiger partial charge in [0.2, 0.25) is 0 Å². The van der Waals surface area contributed by atoms with E-state index in [0.717, 1.165) is 21.4 Å². The summed E-state index contributed by atoms with van der Waals surface area (Å²) in [6.45, 7) is 6.67. The average molecular weight is 467 g/mol. The summed E-state index contributed by atoms with van der Waals surface area (Å²) in [5.41, 5.74) is 5.79. The Kier molecular flexibility index (Phi) is 5.45. The molecule has 1 aromatic heterocycles. The highest BCUT2D eigenvalue weighted by molar-refractivity contribution is 7.80. The third-order valence-electron chi connectivity index (χ3n) is 7.51. The summed E-state index contributed by atoms with van der Waals surface area (Å²) < 4.78 is 0. The van der Waals surface area contributed by atoms with Crippen molar-refractivity contribution in [3.8, 4) is 0 Å². The van der Waals surface area contributed by atoms with Crippen LogP contribution in [0.1, 0.15) is 75.4 Å². The number of pyridine rings is 1. The lowest BCUT2D eigenvalue weighted by atomic mass is 9.86. The number of hydrogen-bond acceptors (Lipinski definition) is 3. The Morgan fingerprint density at radius 1 is 1.19 bits per heavy atom. The van der Waals surface area contributed by atoms with Crippen molar-refractivity contribution in [3.05, 3.63) is 64.4 Å². The molecule has 3 aliphatic rings. The molecule has 3 heterocycles. The van der Waals surface area contributed by atoms with Gasteiger partial charge < -0.3 is 15.1 Å². The Bertz CT molecular complexity index is 1070. The fourth-order valence-electron chi connectivity index (χ4n) is 5.69. The first-order valence-electron chi connectivity index (χ1n) is 11.5. The number of thiocarbonyl (C=S) groups is 1. The molecule has 6 heteroatoms. The van der Waals surface area contributed by atoms with Crippen molar-refractivity contribution >= 4 is 40.2 Å². The van der Waals surface area contributed by atoms with Crippen LogP contribution >= 0.6 is 23.8 Å². The third kappa shape index (κ3) is 3.50. The second kappa shape index (κ2) is 8.03. The van der Waals surface area contributed by atoms with Crippen LogP contribution < -0.4 is 10.2 Å². The Balaban J connectivity index is 1.66. The maximum absolute atomic E-state index is 7.06. The zero-order valence-corrected chi connectivity index (χ0v) is 20.8. The first-order valence-corrected chi connectivity index (χ1v) is 12.3. The van der Waals surface area contributed by atoms with Gasteiger partial charge in [-0.25, -0.2) is 0 Å². The van der Waals surface area contributed by atoms with Crippen molar-refractivity contribution in [2.24, 2.45) is 0 Å². The molecule has 0 amide bonds. The standard InChI is InChI=1S/C26H31ClN4S/c1-16-15-26(2,3)30(4)22-14-20(27)19(13-18(16)22)24-23(21-11-7-8-12-28-21)29-25(32)31(24)17-9-5-6-10-17/h7-8,11-15,17,23-24H,5-6,9-10H2,1-4H3,(H,29,32)/t23-,24+/m0/s1. The normalized spacial score (nSPS) is 25.0. The predicted octanol–water partition coefficient (Wildman–Crippen LogP) is 6.28. The van der Waals surface area contributed by atoms with Gasteiger partial charge >= 0.3 is 0 Å². The molecule has 168 valence electrons. The second-order valence-corrected chi connectivity index (χ2v) is 10.7. The van der Waals surface area contributed by atoms with Crippen LogP contribution in [0.4, 0.5) is 5.69 Å². The largest absolute Gasteiger partial charge is 0.365 e. The van der Waals surface area contributed by atoms with Crippen molar-refractivity contribution in [1.82, 2.24) is 15.2 Å². The van der Waals surface area contributed by atoms with Gasteiger partial charge in [-0.1, -0.05) is 36.6 Å². The second-order valence-electron chi connectivity index (χ2n) is 9.90. The molecular weight excluding hydrogens is 436 g/mol. The molecule has 32 heavy (non-hydrogen) atoms. The molecule has 1 saturated carbocycles. The Labute approximate surface area is 201 Å². The number of nitrogens with zero attached hydrogens (tertiary/aromatic N) is 3. The summed E-state index contributed by atoms with van der Waals surface area (Å²) in [5.74, 6) is 0. The van der Waals surface area contributed by atoms with Crippen molar-refractivity contribution in [1.29, 1.82) is 0 Å². The lowest BCUT2D eigenvalue weighted by Crippen LogP contribution is -2.42. The van der Waals surface area contributed by atoms with Gasteiger partial charge in [-0.15, -0.1) is 0 Å². The van der Waals surface area contributed by atoms with Crippen LogP contribution in [0.5, 0.6) is 0 Å². The molecular formula is C26H31ClN4S. The molecule has 1 saturated heterocycles. The smallest absolute Gasteiger partial charge is 0.170 e. The van der Waals surface area contributed by atoms with Crippen LogP contribution in [0.3, 0.4) is 0 Å². The van der Waals surface area contributed by atoms with Gasteiger partial charge in [-0.2, -0.15) is 0 Å². The van der Waals surface area contributed by atoms with E-state index in [9.17, 15) is 0 Å². The number of rotatable bonds is 3. The third-order valence-corrected chi connectivity index (χ3v) is 8.16. The molecule has 0 bridgehead atoms. The SMILES string of the molecule is CC1=CC(C)(C)N(C)c2cc(Cl)c([C@@H]3[C@H](c4ccccn4)NC(=S)N3C3CCCC3)cc21. The van der Waals surface area contributed by atoms with Crippen molar-refractivity contribution in [3.63, 3.8) is 0 Å². The molecule has 2 aromatic rings. The number of halogens is 1. The first-order chi connectivity index (χ1) is 15.3. The zero-order valence-electron chi connectivity index (χ0n) is 19.2. The quantitative estimate of drug-likeness (QED) is 0.538. The number of anilines is 1. The zero-order chi connectivity index (χ0) is 22.6. The average Bonchev–Trinajstić information content (AvgIpc) is 3.40. The van der Waals surface area contributed by atoms with E-state index in [4.69, 9.17) is 23.8 Å². The highest BCUT2D eigenvalue weighted by atomic mass is 35.5. The summed E-state index contributed by atoms with van der Waals surface area (Å²) in [6, 6.07) is 11.0. The minimum atomic E-state index is -0.0508. The molecule has 0 spiro atoms. The van der Waals surface area contributed by atoms with Gasteiger partial charge in [0.15, 0.2) is 5.11 Å². The molecule has 0 unspecified atom stereocenters. The minimum absolute atomic E-state index is 0.0198. The van der Waals surface area contributed by atoms with Gasteiger partial charge in [0.05, 0.1) is 23.3 Å². The van der Waals surface area contributed by atoms with Gasteiger partial charge in [-0.05, 0) is 81.2 Å². The van der Waals surface area contributed by atoms with Crippen LogP contribution in [-0.2, 0) is 0 Å². The molecule has 2 atom stereocenters. The predicted molar refractivity (Wildman–Crippen MR) is 137 cm³/mol. The highest BCUT2D eigenvalue weighted by Gasteiger charge is 2.45. The van der Waals surface area contributed by atoms with Gasteiger partial charge in [0, 0.05) is 35.6 Å². The van der Waals surface area contributed by atoms with Crippen molar-refractivity contribution < 1.29 is 0 Å². The monoisotopic (exact) mass is 466 g/mol. The Morgan fingerprint density at radius 3 is 2.62 bits per heavy atom. The topological polar surface area (TPSA) is 31.4 Å². The Hall–Kier alpha value is -2.11. The van der Waals surface area contributed by atoms with Gasteiger partial charge in [-0.3, -0.25) is 4.98 Å². The van der Waals surface area contributed by atoms with E-state index in [1.54, 1.807) is 0 Å². The molecule has 4 nitrogen and oxygen atoms in total. The van der Waals surface area contributed by atoms with Crippen LogP contribution in [-0.4, -0.2) is 33.6 Å². The summed E-state index contributed by atoms with van der Waals surface area (Å²) in [6.07, 6.45) is 9.05. The van der Waals surface area contributed by atoms with Crippen LogP contribution in [0.15, 0.2) is 42.6 Å². The first kappa shape index (κ1) is 21.7. The number of hydrogen-bond donors (Lipinski definition) is 1. The minimum Gasteiger partial charge on any atom is -0.365 e. The molecule has 2 fully saturated rings. The number of nitrogens with one attached hydrogen (secondary N) is 1. The van der Waals surface area contributed by atoms with E-state index in [2.05, 4.69) is 72.2 Å². The lowest BCUT2D eigenvalue weighted by molar-refractivity contribution is 0.245. The number of fused-ring (bicyclic) bond motifs is 1. The van der Waals surface area contributed by atoms with E-state index in [-0.39, 0.29) is 17.6 Å². The van der Waals surface area contributed by atoms with Crippen molar-refractivity contribution in [2.75, 3.05) is 11.9 Å². The maximum atomic E-state index is 7.06. The van der Waals surface area contributed by atoms with E-state index in [1.807, 2.05) is 18.3 Å². The fraction of sp³-hybridized carbons (Fsp3) is 0.462. The molecule has 2 aliphatic heterocycles. The number of aromatic nitrogens is 1. The summed E-state index contributed by atoms with van der Waals surface area (Å²) in [5, 5.41) is 5.21. The van der Waals surface area contributed by atoms with Crippen LogP contribution in [0, 0.1) is 0 Å². The van der Waals surface area contributed by atoms with Crippen LogP contribution in [0.2, 0.25) is 5.02 Å². The number of benzene rings is 1. The summed E-state index contributed by atoms with van der Waals surface area (Å²) in [4.78, 5) is 9.42. The molecule has 1 aliphatic carbocycles.